The van der Waals surface area contributed by atoms with Crippen molar-refractivity contribution in [1.29, 1.82) is 0 Å². The molecule has 178 valence electrons. The molecule has 2 heterocycles. The first-order valence-corrected chi connectivity index (χ1v) is 12.3. The summed E-state index contributed by atoms with van der Waals surface area (Å²) in [7, 11) is -3.63. The van der Waals surface area contributed by atoms with Gasteiger partial charge < -0.3 is 9.64 Å². The molecule has 0 radical (unpaired) electrons. The lowest BCUT2D eigenvalue weighted by atomic mass is 10.1. The molecule has 3 aromatic rings. The fourth-order valence-electron chi connectivity index (χ4n) is 3.81. The molecular weight excluding hydrogens is 460 g/mol. The topological polar surface area (TPSA) is 119 Å². The van der Waals surface area contributed by atoms with E-state index >= 15 is 0 Å². The summed E-state index contributed by atoms with van der Waals surface area (Å²) in [4.78, 5) is 39.4. The Morgan fingerprint density at radius 1 is 0.941 bits per heavy atom. The average Bonchev–Trinajstić information content (AvgIpc) is 2.88. The van der Waals surface area contributed by atoms with Crippen LogP contribution in [0.4, 0.5) is 0 Å². The summed E-state index contributed by atoms with van der Waals surface area (Å²) < 4.78 is 33.2. The fraction of sp³-hybridized carbons (Fsp3) is 0.304. The molecule has 1 amide bonds. The van der Waals surface area contributed by atoms with Crippen LogP contribution in [0.3, 0.4) is 0 Å². The number of fused-ring (bicyclic) bond motifs is 1. The number of carbonyl (C=O) groups excluding carboxylic acids is 2. The Kier molecular flexibility index (Phi) is 6.75. The third kappa shape index (κ3) is 4.57. The maximum absolute atomic E-state index is 12.7. The molecule has 1 aliphatic rings. The molecule has 0 aliphatic carbocycles. The van der Waals surface area contributed by atoms with E-state index in [0.717, 1.165) is 0 Å². The number of amides is 1. The summed E-state index contributed by atoms with van der Waals surface area (Å²) >= 11 is 0. The Morgan fingerprint density at radius 2 is 1.56 bits per heavy atom. The second kappa shape index (κ2) is 9.74. The zero-order chi connectivity index (χ0) is 24.3. The molecule has 4 rings (SSSR count). The smallest absolute Gasteiger partial charge is 0.359 e. The minimum absolute atomic E-state index is 0.0383. The van der Waals surface area contributed by atoms with Gasteiger partial charge in [0.15, 0.2) is 12.3 Å². The molecule has 11 heteroatoms. The highest BCUT2D eigenvalue weighted by atomic mass is 32.2. The van der Waals surface area contributed by atoms with E-state index < -0.39 is 28.5 Å². The largest absolute Gasteiger partial charge is 0.451 e. The highest BCUT2D eigenvalue weighted by Crippen LogP contribution is 2.18. The number of hydrogen-bond acceptors (Lipinski definition) is 7. The molecule has 0 spiro atoms. The first kappa shape index (κ1) is 23.6. The number of piperazine rings is 1. The Morgan fingerprint density at radius 3 is 2.21 bits per heavy atom. The number of ether oxygens (including phenoxy) is 1. The van der Waals surface area contributed by atoms with Crippen LogP contribution in [0.1, 0.15) is 17.4 Å². The molecule has 10 nitrogen and oxygen atoms in total. The lowest BCUT2D eigenvalue weighted by Crippen LogP contribution is -2.51. The SMILES string of the molecule is CCn1nc(C(=O)OCC(=O)N2CCN(S(=O)(=O)c3ccccc3)CC2)c2ccccc2c1=O. The summed E-state index contributed by atoms with van der Waals surface area (Å²) in [5, 5.41) is 4.80. The molecule has 34 heavy (non-hydrogen) atoms. The maximum atomic E-state index is 12.7. The lowest BCUT2D eigenvalue weighted by Gasteiger charge is -2.33. The van der Waals surface area contributed by atoms with Crippen molar-refractivity contribution in [3.8, 4) is 0 Å². The van der Waals surface area contributed by atoms with Gasteiger partial charge in [0.1, 0.15) is 0 Å². The molecule has 1 aliphatic heterocycles. The molecule has 1 aromatic heterocycles. The molecule has 0 bridgehead atoms. The van der Waals surface area contributed by atoms with Crippen molar-refractivity contribution in [3.05, 3.63) is 70.6 Å². The van der Waals surface area contributed by atoms with E-state index in [2.05, 4.69) is 5.10 Å². The van der Waals surface area contributed by atoms with Gasteiger partial charge in [0, 0.05) is 38.1 Å². The van der Waals surface area contributed by atoms with Gasteiger partial charge in [0.25, 0.3) is 11.5 Å². The lowest BCUT2D eigenvalue weighted by molar-refractivity contribution is -0.135. The maximum Gasteiger partial charge on any atom is 0.359 e. The third-order valence-electron chi connectivity index (χ3n) is 5.66. The molecule has 2 aromatic carbocycles. The van der Waals surface area contributed by atoms with Crippen LogP contribution in [0.2, 0.25) is 0 Å². The average molecular weight is 485 g/mol. The number of hydrogen-bond donors (Lipinski definition) is 0. The zero-order valence-corrected chi connectivity index (χ0v) is 19.4. The summed E-state index contributed by atoms with van der Waals surface area (Å²) in [6.07, 6.45) is 0. The van der Waals surface area contributed by atoms with E-state index in [0.29, 0.717) is 10.8 Å². The summed E-state index contributed by atoms with van der Waals surface area (Å²) in [5.41, 5.74) is -0.349. The van der Waals surface area contributed by atoms with Gasteiger partial charge in [-0.1, -0.05) is 36.4 Å². The predicted molar refractivity (Wildman–Crippen MR) is 124 cm³/mol. The van der Waals surface area contributed by atoms with E-state index in [1.165, 1.54) is 26.0 Å². The molecule has 1 saturated heterocycles. The van der Waals surface area contributed by atoms with Crippen molar-refractivity contribution >= 4 is 32.7 Å². The number of aryl methyl sites for hydroxylation is 1. The fourth-order valence-corrected chi connectivity index (χ4v) is 5.25. The van der Waals surface area contributed by atoms with E-state index in [1.54, 1.807) is 49.4 Å². The standard InChI is InChI=1S/C23H24N4O6S/c1-2-27-22(29)19-11-7-6-10-18(19)21(24-27)23(30)33-16-20(28)25-12-14-26(15-13-25)34(31,32)17-8-4-3-5-9-17/h3-11H,2,12-16H2,1H3. The summed E-state index contributed by atoms with van der Waals surface area (Å²) in [6.45, 7) is 2.16. The van der Waals surface area contributed by atoms with Crippen molar-refractivity contribution < 1.29 is 22.7 Å². The van der Waals surface area contributed by atoms with Crippen LogP contribution in [-0.2, 0) is 26.1 Å². The Labute approximate surface area is 196 Å². The van der Waals surface area contributed by atoms with E-state index in [4.69, 9.17) is 4.74 Å². The molecule has 0 unspecified atom stereocenters. The minimum Gasteiger partial charge on any atom is -0.451 e. The highest BCUT2D eigenvalue weighted by molar-refractivity contribution is 7.89. The van der Waals surface area contributed by atoms with Crippen LogP contribution in [0.25, 0.3) is 10.8 Å². The van der Waals surface area contributed by atoms with Gasteiger partial charge >= 0.3 is 5.97 Å². The van der Waals surface area contributed by atoms with Crippen LogP contribution >= 0.6 is 0 Å². The van der Waals surface area contributed by atoms with E-state index in [-0.39, 0.29) is 48.9 Å². The normalized spacial score (nSPS) is 14.8. The number of carbonyl (C=O) groups is 2. The molecule has 0 N–H and O–H groups in total. The van der Waals surface area contributed by atoms with Crippen molar-refractivity contribution in [2.24, 2.45) is 0 Å². The molecule has 0 saturated carbocycles. The number of sulfonamides is 1. The third-order valence-corrected chi connectivity index (χ3v) is 7.57. The van der Waals surface area contributed by atoms with Gasteiger partial charge in [-0.25, -0.2) is 17.9 Å². The first-order chi connectivity index (χ1) is 16.3. The zero-order valence-electron chi connectivity index (χ0n) is 18.6. The van der Waals surface area contributed by atoms with Gasteiger partial charge in [-0.3, -0.25) is 9.59 Å². The highest BCUT2D eigenvalue weighted by Gasteiger charge is 2.30. The second-order valence-corrected chi connectivity index (χ2v) is 9.63. The molecular formula is C23H24N4O6S. The summed E-state index contributed by atoms with van der Waals surface area (Å²) in [5.74, 6) is -1.24. The van der Waals surface area contributed by atoms with Crippen LogP contribution in [-0.4, -0.2) is 72.1 Å². The first-order valence-electron chi connectivity index (χ1n) is 10.8. The number of esters is 1. The van der Waals surface area contributed by atoms with Crippen molar-refractivity contribution in [3.63, 3.8) is 0 Å². The molecule has 1 fully saturated rings. The van der Waals surface area contributed by atoms with Crippen molar-refractivity contribution in [2.45, 2.75) is 18.4 Å². The van der Waals surface area contributed by atoms with Gasteiger partial charge in [0.05, 0.1) is 10.3 Å². The number of aromatic nitrogens is 2. The second-order valence-electron chi connectivity index (χ2n) is 7.69. The number of benzene rings is 2. The number of nitrogens with zero attached hydrogens (tertiary/aromatic N) is 4. The van der Waals surface area contributed by atoms with Crippen LogP contribution in [0, 0.1) is 0 Å². The Hall–Kier alpha value is -3.57. The number of rotatable bonds is 6. The van der Waals surface area contributed by atoms with Gasteiger partial charge in [0.2, 0.25) is 10.0 Å². The quantitative estimate of drug-likeness (QED) is 0.481. The molecule has 0 atom stereocenters. The Balaban J connectivity index is 1.39. The van der Waals surface area contributed by atoms with Crippen LogP contribution < -0.4 is 5.56 Å². The van der Waals surface area contributed by atoms with Crippen molar-refractivity contribution in [1.82, 2.24) is 19.0 Å². The Bertz CT molecular complexity index is 1380. The minimum atomic E-state index is -3.63. The summed E-state index contributed by atoms with van der Waals surface area (Å²) in [6, 6.07) is 14.7. The van der Waals surface area contributed by atoms with E-state index in [1.807, 2.05) is 0 Å². The van der Waals surface area contributed by atoms with Gasteiger partial charge in [-0.05, 0) is 25.1 Å². The van der Waals surface area contributed by atoms with Crippen molar-refractivity contribution in [2.75, 3.05) is 32.8 Å². The monoisotopic (exact) mass is 484 g/mol. The van der Waals surface area contributed by atoms with Crippen LogP contribution in [0.15, 0.2) is 64.3 Å². The predicted octanol–water partition coefficient (Wildman–Crippen LogP) is 1.11. The van der Waals surface area contributed by atoms with Gasteiger partial charge in [-0.2, -0.15) is 9.40 Å². The van der Waals surface area contributed by atoms with E-state index in [9.17, 15) is 22.8 Å². The van der Waals surface area contributed by atoms with Gasteiger partial charge in [-0.15, -0.1) is 0 Å². The van der Waals surface area contributed by atoms with Crippen LogP contribution in [0.5, 0.6) is 0 Å².